The summed E-state index contributed by atoms with van der Waals surface area (Å²) in [4.78, 5) is 11.2. The minimum absolute atomic E-state index is 0.0505. The number of allylic oxidation sites excluding steroid dienone is 1. The van der Waals surface area contributed by atoms with Gasteiger partial charge in [-0.25, -0.2) is 0 Å². The monoisotopic (exact) mass is 464 g/mol. The Morgan fingerprint density at radius 2 is 1.77 bits per heavy atom. The van der Waals surface area contributed by atoms with Crippen molar-refractivity contribution in [3.05, 3.63) is 99.8 Å². The van der Waals surface area contributed by atoms with Crippen molar-refractivity contribution in [1.29, 1.82) is 0 Å². The Hall–Kier alpha value is -3.86. The first-order valence-electron chi connectivity index (χ1n) is 12.2. The van der Waals surface area contributed by atoms with E-state index < -0.39 is 0 Å². The maximum absolute atomic E-state index is 11.6. The van der Waals surface area contributed by atoms with Gasteiger partial charge in [-0.15, -0.1) is 0 Å². The molecular weight excluding hydrogens is 436 g/mol. The second-order valence-electron chi connectivity index (χ2n) is 10.6. The van der Waals surface area contributed by atoms with Crippen LogP contribution in [0, 0.1) is 21.4 Å². The first-order valence-corrected chi connectivity index (χ1v) is 12.2. The number of hydrogen-bond acceptors (Lipinski definition) is 4. The molecule has 0 radical (unpaired) electrons. The summed E-state index contributed by atoms with van der Waals surface area (Å²) in [6.45, 7) is 7.02. The molecule has 2 atom stereocenters. The van der Waals surface area contributed by atoms with Gasteiger partial charge in [0, 0.05) is 17.3 Å². The molecule has 6 rings (SSSR count). The number of benzene rings is 3. The fraction of sp³-hybridized carbons (Fsp3) is 0.267. The van der Waals surface area contributed by atoms with E-state index in [2.05, 4.69) is 62.5 Å². The lowest BCUT2D eigenvalue weighted by Gasteiger charge is -2.43. The highest BCUT2D eigenvalue weighted by atomic mass is 16.6. The number of nitrogens with one attached hydrogen (secondary N) is 1. The standard InChI is InChI=1S/C30H28N2O3/c1-18-16-30(2,3)17-22-27(18)29(31-23-13-12-19-8-4-5-9-20(19)28(22)23)26-15-14-25(35-26)21-10-6-7-11-24(21)32(33)34/h4-15,18,29,31H,16-17H2,1-3H3. The number of fused-ring (bicyclic) bond motifs is 4. The molecule has 0 saturated carbocycles. The van der Waals surface area contributed by atoms with Gasteiger partial charge in [-0.1, -0.05) is 63.2 Å². The van der Waals surface area contributed by atoms with Gasteiger partial charge >= 0.3 is 0 Å². The highest BCUT2D eigenvalue weighted by Gasteiger charge is 2.40. The quantitative estimate of drug-likeness (QED) is 0.244. The minimum Gasteiger partial charge on any atom is -0.458 e. The van der Waals surface area contributed by atoms with E-state index in [1.54, 1.807) is 18.2 Å². The number of rotatable bonds is 3. The topological polar surface area (TPSA) is 68.3 Å². The van der Waals surface area contributed by atoms with Crippen molar-refractivity contribution in [3.8, 4) is 11.3 Å². The van der Waals surface area contributed by atoms with Gasteiger partial charge in [0.2, 0.25) is 0 Å². The van der Waals surface area contributed by atoms with Crippen molar-refractivity contribution >= 4 is 27.7 Å². The highest BCUT2D eigenvalue weighted by molar-refractivity contribution is 6.01. The van der Waals surface area contributed by atoms with Crippen LogP contribution in [0.15, 0.2) is 82.8 Å². The third-order valence-corrected chi connectivity index (χ3v) is 7.51. The second-order valence-corrected chi connectivity index (χ2v) is 10.6. The van der Waals surface area contributed by atoms with Crippen molar-refractivity contribution in [2.75, 3.05) is 5.32 Å². The van der Waals surface area contributed by atoms with Gasteiger partial charge in [0.1, 0.15) is 17.6 Å². The Bertz CT molecular complexity index is 1510. The summed E-state index contributed by atoms with van der Waals surface area (Å²) in [5.41, 5.74) is 5.95. The Kier molecular flexibility index (Phi) is 4.85. The average molecular weight is 465 g/mol. The zero-order valence-corrected chi connectivity index (χ0v) is 20.2. The molecule has 1 N–H and O–H groups in total. The Labute approximate surface area is 204 Å². The van der Waals surface area contributed by atoms with Crippen molar-refractivity contribution in [2.45, 2.75) is 39.7 Å². The van der Waals surface area contributed by atoms with Gasteiger partial charge in [-0.3, -0.25) is 10.1 Å². The molecule has 4 aromatic rings. The van der Waals surface area contributed by atoms with E-state index in [-0.39, 0.29) is 22.1 Å². The molecule has 1 aliphatic heterocycles. The molecule has 0 bridgehead atoms. The van der Waals surface area contributed by atoms with Crippen LogP contribution in [0.25, 0.3) is 27.7 Å². The van der Waals surface area contributed by atoms with Crippen molar-refractivity contribution in [2.24, 2.45) is 11.3 Å². The molecule has 2 heterocycles. The van der Waals surface area contributed by atoms with Gasteiger partial charge in [0.25, 0.3) is 5.69 Å². The number of nitro groups is 1. The molecule has 5 nitrogen and oxygen atoms in total. The van der Waals surface area contributed by atoms with Gasteiger partial charge in [-0.2, -0.15) is 0 Å². The number of anilines is 1. The smallest absolute Gasteiger partial charge is 0.280 e. The predicted octanol–water partition coefficient (Wildman–Crippen LogP) is 8.38. The maximum Gasteiger partial charge on any atom is 0.280 e. The molecule has 0 amide bonds. The van der Waals surface area contributed by atoms with E-state index in [1.807, 2.05) is 12.1 Å². The fourth-order valence-corrected chi connectivity index (χ4v) is 6.25. The molecule has 2 unspecified atom stereocenters. The van der Waals surface area contributed by atoms with Gasteiger partial charge < -0.3 is 9.73 Å². The lowest BCUT2D eigenvalue weighted by Crippen LogP contribution is -2.31. The van der Waals surface area contributed by atoms with Crippen molar-refractivity contribution in [1.82, 2.24) is 0 Å². The molecule has 176 valence electrons. The zero-order chi connectivity index (χ0) is 24.3. The van der Waals surface area contributed by atoms with Crippen LogP contribution in [0.1, 0.15) is 51.0 Å². The third kappa shape index (κ3) is 3.54. The van der Waals surface area contributed by atoms with Crippen LogP contribution in [0.2, 0.25) is 0 Å². The Balaban J connectivity index is 1.52. The first-order chi connectivity index (χ1) is 16.8. The van der Waals surface area contributed by atoms with E-state index in [1.165, 1.54) is 33.5 Å². The molecule has 5 heteroatoms. The SMILES string of the molecule is CC1CC(C)(C)CC2=C1C(c1ccc(-c3ccccc3[N+](=O)[O-])o1)Nc1ccc3ccccc3c12. The fourth-order valence-electron chi connectivity index (χ4n) is 6.25. The number of nitrogens with zero attached hydrogens (tertiary/aromatic N) is 1. The van der Waals surface area contributed by atoms with Crippen LogP contribution < -0.4 is 5.32 Å². The van der Waals surface area contributed by atoms with E-state index >= 15 is 0 Å². The summed E-state index contributed by atoms with van der Waals surface area (Å²) in [6.07, 6.45) is 2.10. The number of hydrogen-bond donors (Lipinski definition) is 1. The molecule has 35 heavy (non-hydrogen) atoms. The summed E-state index contributed by atoms with van der Waals surface area (Å²) in [7, 11) is 0. The summed E-state index contributed by atoms with van der Waals surface area (Å²) >= 11 is 0. The van der Waals surface area contributed by atoms with Crippen LogP contribution in [-0.4, -0.2) is 4.92 Å². The predicted molar refractivity (Wildman–Crippen MR) is 140 cm³/mol. The molecule has 0 fully saturated rings. The van der Waals surface area contributed by atoms with Gasteiger partial charge in [0.05, 0.1) is 10.5 Å². The van der Waals surface area contributed by atoms with Crippen LogP contribution >= 0.6 is 0 Å². The number of para-hydroxylation sites is 1. The Morgan fingerprint density at radius 3 is 2.60 bits per heavy atom. The second kappa shape index (κ2) is 7.84. The summed E-state index contributed by atoms with van der Waals surface area (Å²) in [5.74, 6) is 1.68. The van der Waals surface area contributed by atoms with Crippen molar-refractivity contribution in [3.63, 3.8) is 0 Å². The largest absolute Gasteiger partial charge is 0.458 e. The van der Waals surface area contributed by atoms with Crippen LogP contribution in [0.4, 0.5) is 11.4 Å². The van der Waals surface area contributed by atoms with Crippen LogP contribution in [0.5, 0.6) is 0 Å². The third-order valence-electron chi connectivity index (χ3n) is 7.51. The zero-order valence-electron chi connectivity index (χ0n) is 20.2. The first kappa shape index (κ1) is 21.7. The van der Waals surface area contributed by atoms with Gasteiger partial charge in [0.15, 0.2) is 0 Å². The maximum atomic E-state index is 11.6. The molecule has 2 aliphatic rings. The normalized spacial score (nSPS) is 20.8. The molecule has 0 saturated heterocycles. The molecule has 3 aromatic carbocycles. The molecular formula is C30H28N2O3. The van der Waals surface area contributed by atoms with Crippen molar-refractivity contribution < 1.29 is 9.34 Å². The lowest BCUT2D eigenvalue weighted by molar-refractivity contribution is -0.384. The number of nitro benzene ring substituents is 1. The molecule has 0 spiro atoms. The minimum atomic E-state index is -0.357. The highest BCUT2D eigenvalue weighted by Crippen LogP contribution is 2.55. The summed E-state index contributed by atoms with van der Waals surface area (Å²) < 4.78 is 6.35. The van der Waals surface area contributed by atoms with E-state index in [0.717, 1.165) is 24.3 Å². The van der Waals surface area contributed by atoms with Gasteiger partial charge in [-0.05, 0) is 70.4 Å². The Morgan fingerprint density at radius 1 is 1.00 bits per heavy atom. The van der Waals surface area contributed by atoms with Crippen LogP contribution in [-0.2, 0) is 0 Å². The molecule has 1 aliphatic carbocycles. The lowest BCUT2D eigenvalue weighted by atomic mass is 9.65. The van der Waals surface area contributed by atoms with E-state index in [4.69, 9.17) is 4.42 Å². The summed E-state index contributed by atoms with van der Waals surface area (Å²) in [5, 5.41) is 17.9. The summed E-state index contributed by atoms with van der Waals surface area (Å²) in [6, 6.07) is 23.4. The average Bonchev–Trinajstić information content (AvgIpc) is 3.32. The molecule has 1 aromatic heterocycles. The van der Waals surface area contributed by atoms with Crippen LogP contribution in [0.3, 0.4) is 0 Å². The van der Waals surface area contributed by atoms with E-state index in [9.17, 15) is 10.1 Å². The van der Waals surface area contributed by atoms with E-state index in [0.29, 0.717) is 17.2 Å². The number of furan rings is 1.